The van der Waals surface area contributed by atoms with E-state index in [-0.39, 0.29) is 19.8 Å². The number of hydrogen-bond donors (Lipinski definition) is 1. The lowest BCUT2D eigenvalue weighted by atomic mass is 9.91. The summed E-state index contributed by atoms with van der Waals surface area (Å²) in [7, 11) is 0.442. The standard InChI is InChI=1S/C9H16BNO5/c1-2-15-9(14)8(13)7(12)4-3-5-10-16-6-11/h10H,2-6,11H2,1H3. The second kappa shape index (κ2) is 9.05. The minimum atomic E-state index is -1.08. The van der Waals surface area contributed by atoms with Gasteiger partial charge in [0.2, 0.25) is 5.78 Å². The van der Waals surface area contributed by atoms with Gasteiger partial charge in [-0.15, -0.1) is 0 Å². The first-order chi connectivity index (χ1) is 7.63. The quantitative estimate of drug-likeness (QED) is 0.138. The average Bonchev–Trinajstić information content (AvgIpc) is 2.27. The molecule has 0 radical (unpaired) electrons. The third-order valence-electron chi connectivity index (χ3n) is 1.77. The summed E-state index contributed by atoms with van der Waals surface area (Å²) in [5, 5.41) is 0. The van der Waals surface area contributed by atoms with Crippen LogP contribution in [0.2, 0.25) is 6.32 Å². The molecule has 0 aliphatic rings. The Hall–Kier alpha value is -1.21. The van der Waals surface area contributed by atoms with Crippen LogP contribution in [0.25, 0.3) is 0 Å². The lowest BCUT2D eigenvalue weighted by molar-refractivity contribution is -0.156. The van der Waals surface area contributed by atoms with Gasteiger partial charge in [0.15, 0.2) is 0 Å². The van der Waals surface area contributed by atoms with Gasteiger partial charge in [0.1, 0.15) is 0 Å². The zero-order valence-electron chi connectivity index (χ0n) is 9.36. The van der Waals surface area contributed by atoms with Gasteiger partial charge in [-0.25, -0.2) is 4.79 Å². The van der Waals surface area contributed by atoms with E-state index in [4.69, 9.17) is 10.4 Å². The number of carbonyl (C=O) groups is 3. The smallest absolute Gasteiger partial charge is 0.382 e. The predicted octanol–water partition coefficient (Wildman–Crippen LogP) is -0.829. The van der Waals surface area contributed by atoms with Crippen LogP contribution in [-0.4, -0.2) is 38.4 Å². The molecule has 0 unspecified atom stereocenters. The van der Waals surface area contributed by atoms with Gasteiger partial charge in [0.05, 0.1) is 13.3 Å². The lowest BCUT2D eigenvalue weighted by Gasteiger charge is -2.00. The Labute approximate surface area is 94.7 Å². The van der Waals surface area contributed by atoms with E-state index < -0.39 is 17.5 Å². The third kappa shape index (κ3) is 6.31. The normalized spacial score (nSPS) is 9.62. The van der Waals surface area contributed by atoms with Crippen LogP contribution in [-0.2, 0) is 23.8 Å². The zero-order valence-corrected chi connectivity index (χ0v) is 9.36. The SMILES string of the molecule is CCOC(=O)C(=O)C(=O)CCCBOCN. The predicted molar refractivity (Wildman–Crippen MR) is 58.0 cm³/mol. The molecule has 0 aromatic rings. The van der Waals surface area contributed by atoms with Gasteiger partial charge in [-0.2, -0.15) is 0 Å². The second-order valence-electron chi connectivity index (χ2n) is 3.00. The summed E-state index contributed by atoms with van der Waals surface area (Å²) in [6.45, 7) is 1.79. The van der Waals surface area contributed by atoms with Gasteiger partial charge in [0.25, 0.3) is 7.48 Å². The molecule has 90 valence electrons. The van der Waals surface area contributed by atoms with Crippen molar-refractivity contribution < 1.29 is 23.8 Å². The average molecular weight is 229 g/mol. The number of Topliss-reactive ketones (excluding diaryl/α,β-unsaturated/α-hetero) is 2. The van der Waals surface area contributed by atoms with Gasteiger partial charge in [-0.05, 0) is 6.92 Å². The molecule has 7 heteroatoms. The molecule has 0 aliphatic heterocycles. The fourth-order valence-electron chi connectivity index (χ4n) is 0.997. The fraction of sp³-hybridized carbons (Fsp3) is 0.667. The monoisotopic (exact) mass is 229 g/mol. The Balaban J connectivity index is 3.71. The highest BCUT2D eigenvalue weighted by molar-refractivity contribution is 6.62. The van der Waals surface area contributed by atoms with Crippen LogP contribution < -0.4 is 5.73 Å². The molecule has 0 saturated heterocycles. The molecule has 0 saturated carbocycles. The summed E-state index contributed by atoms with van der Waals surface area (Å²) < 4.78 is 9.27. The van der Waals surface area contributed by atoms with E-state index in [0.717, 1.165) is 0 Å². The van der Waals surface area contributed by atoms with Crippen molar-refractivity contribution in [3.63, 3.8) is 0 Å². The summed E-state index contributed by atoms with van der Waals surface area (Å²) in [5.41, 5.74) is 5.09. The first-order valence-corrected chi connectivity index (χ1v) is 5.15. The highest BCUT2D eigenvalue weighted by atomic mass is 16.5. The second-order valence-corrected chi connectivity index (χ2v) is 3.00. The van der Waals surface area contributed by atoms with E-state index in [2.05, 4.69) is 4.74 Å². The molecule has 0 bridgehead atoms. The summed E-state index contributed by atoms with van der Waals surface area (Å²) in [5.74, 6) is -2.88. The molecular formula is C9H16BNO5. The van der Waals surface area contributed by atoms with Crippen LogP contribution >= 0.6 is 0 Å². The van der Waals surface area contributed by atoms with E-state index in [9.17, 15) is 14.4 Å². The van der Waals surface area contributed by atoms with Crippen LogP contribution in [0.3, 0.4) is 0 Å². The van der Waals surface area contributed by atoms with Crippen LogP contribution in [0.15, 0.2) is 0 Å². The molecule has 0 atom stereocenters. The molecule has 0 fully saturated rings. The van der Waals surface area contributed by atoms with Crippen LogP contribution in [0.5, 0.6) is 0 Å². The zero-order chi connectivity index (χ0) is 12.4. The van der Waals surface area contributed by atoms with Gasteiger partial charge in [0, 0.05) is 6.42 Å². The largest absolute Gasteiger partial charge is 0.460 e. The Morgan fingerprint density at radius 2 is 2.00 bits per heavy atom. The van der Waals surface area contributed by atoms with E-state index >= 15 is 0 Å². The molecule has 0 rings (SSSR count). The van der Waals surface area contributed by atoms with E-state index in [1.54, 1.807) is 6.92 Å². The van der Waals surface area contributed by atoms with E-state index in [1.807, 2.05) is 0 Å². The molecule has 0 aromatic carbocycles. The van der Waals surface area contributed by atoms with Crippen LogP contribution in [0.1, 0.15) is 19.8 Å². The Morgan fingerprint density at radius 3 is 2.56 bits per heavy atom. The Kier molecular flexibility index (Phi) is 8.37. The van der Waals surface area contributed by atoms with Crippen molar-refractivity contribution in [3.05, 3.63) is 0 Å². The van der Waals surface area contributed by atoms with Gasteiger partial charge in [-0.1, -0.05) is 12.7 Å². The number of ketones is 2. The Morgan fingerprint density at radius 1 is 1.31 bits per heavy atom. The number of hydrogen-bond acceptors (Lipinski definition) is 6. The van der Waals surface area contributed by atoms with E-state index in [1.165, 1.54) is 0 Å². The lowest BCUT2D eigenvalue weighted by Crippen LogP contribution is -2.26. The van der Waals surface area contributed by atoms with Crippen molar-refractivity contribution in [1.29, 1.82) is 0 Å². The van der Waals surface area contributed by atoms with Crippen molar-refractivity contribution in [2.24, 2.45) is 5.73 Å². The molecule has 0 spiro atoms. The molecule has 6 nitrogen and oxygen atoms in total. The minimum Gasteiger partial charge on any atom is -0.460 e. The molecule has 0 aromatic heterocycles. The Bertz CT molecular complexity index is 256. The number of nitrogens with two attached hydrogens (primary N) is 1. The number of ether oxygens (including phenoxy) is 1. The van der Waals surface area contributed by atoms with Crippen molar-refractivity contribution in [1.82, 2.24) is 0 Å². The first kappa shape index (κ1) is 14.8. The maximum Gasteiger partial charge on any atom is 0.382 e. The van der Waals surface area contributed by atoms with Gasteiger partial charge in [-0.3, -0.25) is 9.59 Å². The van der Waals surface area contributed by atoms with Crippen molar-refractivity contribution in [2.75, 3.05) is 13.3 Å². The van der Waals surface area contributed by atoms with Crippen molar-refractivity contribution in [3.8, 4) is 0 Å². The molecule has 0 aliphatic carbocycles. The number of esters is 1. The van der Waals surface area contributed by atoms with Gasteiger partial charge < -0.3 is 15.1 Å². The minimum absolute atomic E-state index is 0.0333. The molecule has 0 amide bonds. The molecule has 16 heavy (non-hydrogen) atoms. The highest BCUT2D eigenvalue weighted by Gasteiger charge is 2.22. The summed E-state index contributed by atoms with van der Waals surface area (Å²) in [4.78, 5) is 33.1. The van der Waals surface area contributed by atoms with Gasteiger partial charge >= 0.3 is 11.8 Å². The van der Waals surface area contributed by atoms with E-state index in [0.29, 0.717) is 20.2 Å². The fourth-order valence-corrected chi connectivity index (χ4v) is 0.997. The number of carbonyl (C=O) groups excluding carboxylic acids is 3. The maximum absolute atomic E-state index is 11.2. The van der Waals surface area contributed by atoms with Crippen molar-refractivity contribution in [2.45, 2.75) is 26.1 Å². The van der Waals surface area contributed by atoms with Crippen LogP contribution in [0.4, 0.5) is 0 Å². The molecular weight excluding hydrogens is 213 g/mol. The summed E-state index contributed by atoms with van der Waals surface area (Å²) >= 11 is 0. The number of rotatable bonds is 9. The summed E-state index contributed by atoms with van der Waals surface area (Å²) in [6.07, 6.45) is 1.15. The third-order valence-corrected chi connectivity index (χ3v) is 1.77. The van der Waals surface area contributed by atoms with Crippen molar-refractivity contribution >= 4 is 25.0 Å². The topological polar surface area (TPSA) is 95.7 Å². The molecule has 2 N–H and O–H groups in total. The van der Waals surface area contributed by atoms with Crippen LogP contribution in [0, 0.1) is 0 Å². The highest BCUT2D eigenvalue weighted by Crippen LogP contribution is 1.99. The maximum atomic E-state index is 11.2. The first-order valence-electron chi connectivity index (χ1n) is 5.15. The summed E-state index contributed by atoms with van der Waals surface area (Å²) in [6, 6.07) is 0. The molecule has 0 heterocycles.